The van der Waals surface area contributed by atoms with E-state index in [9.17, 15) is 0 Å². The minimum atomic E-state index is 0. The van der Waals surface area contributed by atoms with Crippen molar-refractivity contribution in [1.82, 2.24) is 10.3 Å². The summed E-state index contributed by atoms with van der Waals surface area (Å²) in [5, 5.41) is 3.93. The smallest absolute Gasteiger partial charge is 0.213 e. The van der Waals surface area contributed by atoms with Crippen molar-refractivity contribution in [2.45, 2.75) is 6.42 Å². The zero-order valence-corrected chi connectivity index (χ0v) is 11.1. The molecule has 1 atom stereocenters. The van der Waals surface area contributed by atoms with E-state index >= 15 is 0 Å². The van der Waals surface area contributed by atoms with Crippen LogP contribution in [-0.2, 0) is 0 Å². The highest BCUT2D eigenvalue weighted by molar-refractivity contribution is 6.30. The second kappa shape index (κ2) is 7.96. The second-order valence-corrected chi connectivity index (χ2v) is 3.92. The number of nitrogens with zero attached hydrogens (tertiary/aromatic N) is 1. The van der Waals surface area contributed by atoms with Crippen molar-refractivity contribution in [3.63, 3.8) is 0 Å². The molecule has 0 radical (unpaired) electrons. The Morgan fingerprint density at radius 1 is 1.44 bits per heavy atom. The number of hydrogen-bond acceptors (Lipinski definition) is 3. The first kappa shape index (κ1) is 15.8. The minimum absolute atomic E-state index is 0. The normalized spacial score (nSPS) is 18.4. The monoisotopic (exact) mass is 284 g/mol. The van der Waals surface area contributed by atoms with E-state index in [0.717, 1.165) is 19.7 Å². The Bertz CT molecular complexity index is 289. The zero-order chi connectivity index (χ0) is 9.80. The molecule has 16 heavy (non-hydrogen) atoms. The fraction of sp³-hybridized carbons (Fsp3) is 0.500. The summed E-state index contributed by atoms with van der Waals surface area (Å²) in [4.78, 5) is 4.06. The summed E-state index contributed by atoms with van der Waals surface area (Å²) in [6, 6.07) is 3.58. The summed E-state index contributed by atoms with van der Waals surface area (Å²) >= 11 is 5.71. The van der Waals surface area contributed by atoms with E-state index in [-0.39, 0.29) is 24.8 Å². The molecule has 1 aliphatic heterocycles. The van der Waals surface area contributed by atoms with Crippen molar-refractivity contribution >= 4 is 36.4 Å². The summed E-state index contributed by atoms with van der Waals surface area (Å²) in [7, 11) is 0. The van der Waals surface area contributed by atoms with Gasteiger partial charge in [-0.2, -0.15) is 0 Å². The number of pyridine rings is 1. The van der Waals surface area contributed by atoms with E-state index in [0.29, 0.717) is 16.8 Å². The minimum Gasteiger partial charge on any atom is -0.477 e. The molecule has 1 fully saturated rings. The zero-order valence-electron chi connectivity index (χ0n) is 8.69. The average Bonchev–Trinajstić information content (AvgIpc) is 2.70. The van der Waals surface area contributed by atoms with Gasteiger partial charge in [0.05, 0.1) is 11.6 Å². The molecule has 2 heterocycles. The van der Waals surface area contributed by atoms with Gasteiger partial charge in [0.2, 0.25) is 5.88 Å². The molecule has 3 nitrogen and oxygen atoms in total. The number of halogens is 3. The molecular formula is C10H15Cl3N2O. The Hall–Kier alpha value is -0.220. The predicted octanol–water partition coefficient (Wildman–Crippen LogP) is 2.57. The highest BCUT2D eigenvalue weighted by atomic mass is 35.5. The van der Waals surface area contributed by atoms with Crippen molar-refractivity contribution in [3.8, 4) is 5.88 Å². The number of aromatic nitrogens is 1. The van der Waals surface area contributed by atoms with Gasteiger partial charge in [0.15, 0.2) is 0 Å². The van der Waals surface area contributed by atoms with Gasteiger partial charge in [-0.1, -0.05) is 11.6 Å². The van der Waals surface area contributed by atoms with Gasteiger partial charge in [-0.05, 0) is 19.0 Å². The molecule has 1 aliphatic rings. The average molecular weight is 286 g/mol. The lowest BCUT2D eigenvalue weighted by atomic mass is 10.1. The van der Waals surface area contributed by atoms with Gasteiger partial charge in [0.25, 0.3) is 0 Å². The Morgan fingerprint density at radius 3 is 2.81 bits per heavy atom. The van der Waals surface area contributed by atoms with Crippen LogP contribution in [0.2, 0.25) is 5.02 Å². The van der Waals surface area contributed by atoms with E-state index < -0.39 is 0 Å². The lowest BCUT2D eigenvalue weighted by molar-refractivity contribution is 0.251. The summed E-state index contributed by atoms with van der Waals surface area (Å²) in [6.07, 6.45) is 2.79. The third-order valence-corrected chi connectivity index (χ3v) is 2.55. The molecule has 1 saturated heterocycles. The second-order valence-electron chi connectivity index (χ2n) is 3.48. The lowest BCUT2D eigenvalue weighted by Crippen LogP contribution is -2.15. The molecule has 0 aliphatic carbocycles. The van der Waals surface area contributed by atoms with Crippen LogP contribution in [0.25, 0.3) is 0 Å². The van der Waals surface area contributed by atoms with Crippen molar-refractivity contribution in [1.29, 1.82) is 0 Å². The Kier molecular flexibility index (Phi) is 7.85. The number of ether oxygens (including phenoxy) is 1. The largest absolute Gasteiger partial charge is 0.477 e. The van der Waals surface area contributed by atoms with Gasteiger partial charge in [0, 0.05) is 24.7 Å². The molecule has 0 amide bonds. The van der Waals surface area contributed by atoms with Crippen LogP contribution in [0.1, 0.15) is 6.42 Å². The standard InChI is InChI=1S/C10H13ClN2O.2ClH/c11-9-1-2-10(13-6-9)14-7-8-3-4-12-5-8;;/h1-2,6,8,12H,3-5,7H2;2*1H/t8-;;/m0../s1. The maximum atomic E-state index is 5.71. The van der Waals surface area contributed by atoms with Gasteiger partial charge in [-0.3, -0.25) is 0 Å². The lowest BCUT2D eigenvalue weighted by Gasteiger charge is -2.09. The van der Waals surface area contributed by atoms with Crippen LogP contribution in [0.4, 0.5) is 0 Å². The molecule has 0 bridgehead atoms. The van der Waals surface area contributed by atoms with Crippen LogP contribution in [-0.4, -0.2) is 24.7 Å². The molecule has 0 spiro atoms. The summed E-state index contributed by atoms with van der Waals surface area (Å²) in [6.45, 7) is 2.89. The Labute approximate surface area is 113 Å². The van der Waals surface area contributed by atoms with Gasteiger partial charge in [0.1, 0.15) is 0 Å². The van der Waals surface area contributed by atoms with E-state index in [2.05, 4.69) is 10.3 Å². The van der Waals surface area contributed by atoms with E-state index in [1.807, 2.05) is 0 Å². The van der Waals surface area contributed by atoms with Gasteiger partial charge < -0.3 is 10.1 Å². The van der Waals surface area contributed by atoms with Crippen molar-refractivity contribution in [2.24, 2.45) is 5.92 Å². The quantitative estimate of drug-likeness (QED) is 0.927. The number of nitrogens with one attached hydrogen (secondary N) is 1. The summed E-state index contributed by atoms with van der Waals surface area (Å²) in [5.41, 5.74) is 0. The third-order valence-electron chi connectivity index (χ3n) is 2.33. The fourth-order valence-electron chi connectivity index (χ4n) is 1.51. The number of hydrogen-bond donors (Lipinski definition) is 1. The fourth-order valence-corrected chi connectivity index (χ4v) is 1.62. The molecule has 0 unspecified atom stereocenters. The van der Waals surface area contributed by atoms with Crippen LogP contribution in [0, 0.1) is 5.92 Å². The first-order valence-corrected chi connectivity index (χ1v) is 5.17. The highest BCUT2D eigenvalue weighted by Crippen LogP contribution is 2.14. The molecule has 1 aromatic rings. The predicted molar refractivity (Wildman–Crippen MR) is 70.2 cm³/mol. The van der Waals surface area contributed by atoms with Crippen molar-refractivity contribution in [3.05, 3.63) is 23.4 Å². The van der Waals surface area contributed by atoms with Crippen LogP contribution >= 0.6 is 36.4 Å². The Morgan fingerprint density at radius 2 is 2.25 bits per heavy atom. The molecular weight excluding hydrogens is 270 g/mol. The molecule has 6 heteroatoms. The van der Waals surface area contributed by atoms with Crippen molar-refractivity contribution in [2.75, 3.05) is 19.7 Å². The SMILES string of the molecule is Cl.Cl.Clc1ccc(OC[C@H]2CCNC2)nc1. The van der Waals surface area contributed by atoms with Crippen LogP contribution in [0.5, 0.6) is 5.88 Å². The first-order chi connectivity index (χ1) is 6.84. The van der Waals surface area contributed by atoms with Gasteiger partial charge in [-0.15, -0.1) is 24.8 Å². The maximum Gasteiger partial charge on any atom is 0.213 e. The highest BCUT2D eigenvalue weighted by Gasteiger charge is 2.14. The van der Waals surface area contributed by atoms with E-state index in [4.69, 9.17) is 16.3 Å². The maximum absolute atomic E-state index is 5.71. The third kappa shape index (κ3) is 4.74. The molecule has 1 aromatic heterocycles. The Balaban J connectivity index is 0.00000112. The van der Waals surface area contributed by atoms with E-state index in [1.54, 1.807) is 18.3 Å². The van der Waals surface area contributed by atoms with Gasteiger partial charge >= 0.3 is 0 Å². The van der Waals surface area contributed by atoms with Gasteiger partial charge in [-0.25, -0.2) is 4.98 Å². The molecule has 1 N–H and O–H groups in total. The summed E-state index contributed by atoms with van der Waals surface area (Å²) in [5.74, 6) is 1.27. The molecule has 0 saturated carbocycles. The van der Waals surface area contributed by atoms with Crippen LogP contribution < -0.4 is 10.1 Å². The van der Waals surface area contributed by atoms with Crippen LogP contribution in [0.3, 0.4) is 0 Å². The number of rotatable bonds is 3. The summed E-state index contributed by atoms with van der Waals surface area (Å²) < 4.78 is 5.54. The first-order valence-electron chi connectivity index (χ1n) is 4.79. The van der Waals surface area contributed by atoms with E-state index in [1.165, 1.54) is 6.42 Å². The van der Waals surface area contributed by atoms with Crippen LogP contribution in [0.15, 0.2) is 18.3 Å². The molecule has 92 valence electrons. The van der Waals surface area contributed by atoms with Crippen molar-refractivity contribution < 1.29 is 4.74 Å². The topological polar surface area (TPSA) is 34.1 Å². The molecule has 0 aromatic carbocycles. The molecule has 2 rings (SSSR count).